The average Bonchev–Trinajstić information content (AvgIpc) is 2.37. The summed E-state index contributed by atoms with van der Waals surface area (Å²) in [4.78, 5) is 14.5. The van der Waals surface area contributed by atoms with E-state index >= 15 is 0 Å². The van der Waals surface area contributed by atoms with Crippen molar-refractivity contribution in [1.82, 2.24) is 4.90 Å². The molecule has 0 fully saturated rings. The zero-order chi connectivity index (χ0) is 15.7. The van der Waals surface area contributed by atoms with Crippen LogP contribution in [0.1, 0.15) is 52.9 Å². The van der Waals surface area contributed by atoms with Crippen LogP contribution in [0.4, 0.5) is 0 Å². The summed E-state index contributed by atoms with van der Waals surface area (Å²) >= 11 is 0. The van der Waals surface area contributed by atoms with Gasteiger partial charge in [-0.1, -0.05) is 20.8 Å². The van der Waals surface area contributed by atoms with Crippen LogP contribution in [0.2, 0.25) is 18.1 Å². The molecule has 0 bridgehead atoms. The van der Waals surface area contributed by atoms with Crippen molar-refractivity contribution < 1.29 is 9.22 Å². The van der Waals surface area contributed by atoms with Gasteiger partial charge in [0.1, 0.15) is 0 Å². The van der Waals surface area contributed by atoms with Gasteiger partial charge in [-0.15, -0.1) is 0 Å². The molecular formula is C17H31NO2Si. The Bertz CT molecular complexity index is 431. The first kappa shape index (κ1) is 16.8. The highest BCUT2D eigenvalue weighted by atomic mass is 28.4. The fourth-order valence-corrected chi connectivity index (χ4v) is 4.02. The van der Waals surface area contributed by atoms with Gasteiger partial charge in [0, 0.05) is 19.5 Å². The summed E-state index contributed by atoms with van der Waals surface area (Å²) in [7, 11) is -1.68. The van der Waals surface area contributed by atoms with Gasteiger partial charge in [0.05, 0.1) is 12.3 Å². The number of Topliss-reactive ketones (excluding diaryl/α,β-unsaturated/α-hetero) is 1. The zero-order valence-electron chi connectivity index (χ0n) is 14.4. The average molecular weight is 310 g/mol. The second kappa shape index (κ2) is 6.25. The van der Waals surface area contributed by atoms with Crippen LogP contribution in [0.15, 0.2) is 11.3 Å². The van der Waals surface area contributed by atoms with Gasteiger partial charge in [0.15, 0.2) is 14.1 Å². The molecule has 0 aromatic carbocycles. The Kier molecular flexibility index (Phi) is 4.98. The molecule has 4 heteroatoms. The van der Waals surface area contributed by atoms with Crippen LogP contribution in [-0.2, 0) is 9.22 Å². The minimum Gasteiger partial charge on any atom is -0.415 e. The fraction of sp³-hybridized carbons (Fsp3) is 0.824. The highest BCUT2D eigenvalue weighted by Gasteiger charge is 2.37. The molecule has 1 aliphatic carbocycles. The normalized spacial score (nSPS) is 20.8. The van der Waals surface area contributed by atoms with E-state index in [1.54, 1.807) is 0 Å². The maximum atomic E-state index is 12.2. The van der Waals surface area contributed by atoms with Crippen LogP contribution >= 0.6 is 0 Å². The molecule has 2 rings (SSSR count). The summed E-state index contributed by atoms with van der Waals surface area (Å²) in [5.74, 6) is 0.364. The van der Waals surface area contributed by atoms with Crippen molar-refractivity contribution in [2.45, 2.75) is 71.0 Å². The Morgan fingerprint density at radius 3 is 2.48 bits per heavy atom. The maximum absolute atomic E-state index is 12.2. The number of hydrogen-bond acceptors (Lipinski definition) is 3. The van der Waals surface area contributed by atoms with E-state index in [9.17, 15) is 4.79 Å². The maximum Gasteiger partial charge on any atom is 0.192 e. The quantitative estimate of drug-likeness (QED) is 0.732. The second-order valence-corrected chi connectivity index (χ2v) is 12.7. The molecule has 0 saturated heterocycles. The van der Waals surface area contributed by atoms with Gasteiger partial charge >= 0.3 is 0 Å². The molecule has 2 aliphatic rings. The molecule has 0 spiro atoms. The van der Waals surface area contributed by atoms with E-state index in [0.717, 1.165) is 51.1 Å². The number of allylic oxidation sites excluding steroid dienone is 2. The lowest BCUT2D eigenvalue weighted by atomic mass is 9.89. The SMILES string of the molecule is CC(C)(C)[Si](C)(C)OCCN1CCCC2=C1C(=O)CCC2. The van der Waals surface area contributed by atoms with E-state index in [1.807, 2.05) is 0 Å². The number of carbonyl (C=O) groups excluding carboxylic acids is 1. The molecule has 120 valence electrons. The summed E-state index contributed by atoms with van der Waals surface area (Å²) in [6, 6.07) is 0. The number of carbonyl (C=O) groups is 1. The highest BCUT2D eigenvalue weighted by molar-refractivity contribution is 6.74. The Balaban J connectivity index is 1.96. The summed E-state index contributed by atoms with van der Waals surface area (Å²) in [6.07, 6.45) is 5.22. The third-order valence-electron chi connectivity index (χ3n) is 5.33. The van der Waals surface area contributed by atoms with Crippen LogP contribution < -0.4 is 0 Å². The summed E-state index contributed by atoms with van der Waals surface area (Å²) < 4.78 is 6.27. The smallest absolute Gasteiger partial charge is 0.192 e. The minimum atomic E-state index is -1.68. The zero-order valence-corrected chi connectivity index (χ0v) is 15.4. The van der Waals surface area contributed by atoms with E-state index in [0.29, 0.717) is 5.78 Å². The molecule has 0 unspecified atom stereocenters. The van der Waals surface area contributed by atoms with Crippen molar-refractivity contribution >= 4 is 14.1 Å². The number of hydrogen-bond donors (Lipinski definition) is 0. The van der Waals surface area contributed by atoms with Crippen LogP contribution in [0.5, 0.6) is 0 Å². The van der Waals surface area contributed by atoms with Crippen LogP contribution in [0.3, 0.4) is 0 Å². The monoisotopic (exact) mass is 309 g/mol. The topological polar surface area (TPSA) is 29.5 Å². The largest absolute Gasteiger partial charge is 0.415 e. The fourth-order valence-electron chi connectivity index (χ4n) is 2.99. The lowest BCUT2D eigenvalue weighted by Gasteiger charge is -2.39. The Morgan fingerprint density at radius 1 is 1.14 bits per heavy atom. The van der Waals surface area contributed by atoms with E-state index in [1.165, 1.54) is 12.0 Å². The lowest BCUT2D eigenvalue weighted by Crippen LogP contribution is -2.44. The predicted molar refractivity (Wildman–Crippen MR) is 89.8 cm³/mol. The Labute approximate surface area is 130 Å². The van der Waals surface area contributed by atoms with E-state index in [-0.39, 0.29) is 5.04 Å². The van der Waals surface area contributed by atoms with Gasteiger partial charge in [-0.05, 0) is 49.4 Å². The van der Waals surface area contributed by atoms with E-state index in [2.05, 4.69) is 38.8 Å². The third-order valence-corrected chi connectivity index (χ3v) is 9.87. The minimum absolute atomic E-state index is 0.250. The number of rotatable bonds is 4. The molecule has 21 heavy (non-hydrogen) atoms. The molecule has 0 aromatic rings. The van der Waals surface area contributed by atoms with Crippen molar-refractivity contribution in [3.05, 3.63) is 11.3 Å². The Morgan fingerprint density at radius 2 is 1.81 bits per heavy atom. The summed E-state index contributed by atoms with van der Waals surface area (Å²) in [6.45, 7) is 14.0. The third kappa shape index (κ3) is 3.78. The molecule has 1 aliphatic heterocycles. The highest BCUT2D eigenvalue weighted by Crippen LogP contribution is 2.37. The van der Waals surface area contributed by atoms with Crippen LogP contribution in [0.25, 0.3) is 0 Å². The van der Waals surface area contributed by atoms with Crippen molar-refractivity contribution in [2.75, 3.05) is 19.7 Å². The van der Waals surface area contributed by atoms with Crippen LogP contribution in [0, 0.1) is 0 Å². The van der Waals surface area contributed by atoms with E-state index < -0.39 is 8.32 Å². The van der Waals surface area contributed by atoms with Gasteiger partial charge in [0.25, 0.3) is 0 Å². The summed E-state index contributed by atoms with van der Waals surface area (Å²) in [5.41, 5.74) is 2.45. The van der Waals surface area contributed by atoms with Gasteiger partial charge in [-0.25, -0.2) is 0 Å². The number of nitrogens with zero attached hydrogens (tertiary/aromatic N) is 1. The molecule has 3 nitrogen and oxygen atoms in total. The lowest BCUT2D eigenvalue weighted by molar-refractivity contribution is -0.118. The first-order chi connectivity index (χ1) is 9.72. The van der Waals surface area contributed by atoms with Crippen molar-refractivity contribution in [3.63, 3.8) is 0 Å². The standard InChI is InChI=1S/C17H31NO2Si/c1-17(2,3)21(4,5)20-13-12-18-11-7-9-14-8-6-10-15(19)16(14)18/h6-13H2,1-5H3. The molecule has 0 N–H and O–H groups in total. The molecule has 1 heterocycles. The molecule has 0 aromatic heterocycles. The first-order valence-electron chi connectivity index (χ1n) is 8.36. The molecular weight excluding hydrogens is 278 g/mol. The van der Waals surface area contributed by atoms with E-state index in [4.69, 9.17) is 4.43 Å². The molecule has 0 amide bonds. The molecule has 0 radical (unpaired) electrons. The molecule has 0 atom stereocenters. The van der Waals surface area contributed by atoms with Gasteiger partial charge in [-0.2, -0.15) is 0 Å². The van der Waals surface area contributed by atoms with Gasteiger partial charge < -0.3 is 9.33 Å². The Hall–Kier alpha value is -0.613. The van der Waals surface area contributed by atoms with Gasteiger partial charge in [-0.3, -0.25) is 4.79 Å². The second-order valence-electron chi connectivity index (χ2n) is 7.93. The van der Waals surface area contributed by atoms with Crippen molar-refractivity contribution in [1.29, 1.82) is 0 Å². The summed E-state index contributed by atoms with van der Waals surface area (Å²) in [5, 5.41) is 0.250. The van der Waals surface area contributed by atoms with Crippen LogP contribution in [-0.4, -0.2) is 38.7 Å². The van der Waals surface area contributed by atoms with Crippen molar-refractivity contribution in [3.8, 4) is 0 Å². The molecule has 0 saturated carbocycles. The van der Waals surface area contributed by atoms with Gasteiger partial charge in [0.2, 0.25) is 0 Å². The predicted octanol–water partition coefficient (Wildman–Crippen LogP) is 4.11. The van der Waals surface area contributed by atoms with Crippen molar-refractivity contribution in [2.24, 2.45) is 0 Å². The number of ketones is 1. The first-order valence-corrected chi connectivity index (χ1v) is 11.3.